The maximum atomic E-state index is 11.7. The molecule has 5 heteroatoms. The molecule has 1 atom stereocenters. The van der Waals surface area contributed by atoms with Crippen LogP contribution in [0.3, 0.4) is 0 Å². The highest BCUT2D eigenvalue weighted by Gasteiger charge is 2.20. The Morgan fingerprint density at radius 3 is 2.42 bits per heavy atom. The predicted octanol–water partition coefficient (Wildman–Crippen LogP) is 2.63. The summed E-state index contributed by atoms with van der Waals surface area (Å²) in [7, 11) is 0. The van der Waals surface area contributed by atoms with Crippen LogP contribution in [0.2, 0.25) is 0 Å². The monoisotopic (exact) mass is 268 g/mol. The van der Waals surface area contributed by atoms with Gasteiger partial charge in [0.2, 0.25) is 0 Å². The maximum Gasteiger partial charge on any atom is 0.326 e. The Balaban J connectivity index is 2.41. The zero-order chi connectivity index (χ0) is 14.3. The van der Waals surface area contributed by atoms with Crippen LogP contribution in [0.5, 0.6) is 0 Å². The van der Waals surface area contributed by atoms with Gasteiger partial charge in [-0.05, 0) is 38.0 Å². The van der Waals surface area contributed by atoms with Crippen molar-refractivity contribution in [1.82, 2.24) is 10.6 Å². The molecule has 1 fully saturated rings. The van der Waals surface area contributed by atoms with Gasteiger partial charge in [-0.3, -0.25) is 0 Å². The summed E-state index contributed by atoms with van der Waals surface area (Å²) in [6.45, 7) is 3.86. The van der Waals surface area contributed by atoms with E-state index in [1.165, 1.54) is 24.8 Å². The minimum Gasteiger partial charge on any atom is -0.480 e. The Hall–Kier alpha value is -1.52. The normalized spacial score (nSPS) is 16.9. The van der Waals surface area contributed by atoms with Gasteiger partial charge in [-0.2, -0.15) is 0 Å². The van der Waals surface area contributed by atoms with Gasteiger partial charge in [-0.1, -0.05) is 25.8 Å². The third-order valence-electron chi connectivity index (χ3n) is 3.21. The first-order valence-corrected chi connectivity index (χ1v) is 6.96. The standard InChI is InChI=1S/C14H24N2O3/c1-10(2)8-12(13(17)18)16-14(19)15-9-11-6-4-3-5-7-11/h9-10,12H,3-8H2,1-2H3,(H,17,18)(H2,15,16,19). The molecule has 108 valence electrons. The van der Waals surface area contributed by atoms with E-state index in [-0.39, 0.29) is 5.92 Å². The Bertz CT molecular complexity index is 343. The Kier molecular flexibility index (Phi) is 6.39. The quantitative estimate of drug-likeness (QED) is 0.717. The van der Waals surface area contributed by atoms with Crippen LogP contribution in [-0.2, 0) is 4.79 Å². The van der Waals surface area contributed by atoms with Crippen LogP contribution >= 0.6 is 0 Å². The van der Waals surface area contributed by atoms with Crippen molar-refractivity contribution in [3.63, 3.8) is 0 Å². The zero-order valence-electron chi connectivity index (χ0n) is 11.7. The van der Waals surface area contributed by atoms with Gasteiger partial charge in [0.15, 0.2) is 0 Å². The molecule has 0 aromatic rings. The summed E-state index contributed by atoms with van der Waals surface area (Å²) in [6.07, 6.45) is 7.78. The minimum atomic E-state index is -0.992. The lowest BCUT2D eigenvalue weighted by Gasteiger charge is -2.17. The fraction of sp³-hybridized carbons (Fsp3) is 0.714. The van der Waals surface area contributed by atoms with E-state index >= 15 is 0 Å². The third-order valence-corrected chi connectivity index (χ3v) is 3.21. The van der Waals surface area contributed by atoms with Gasteiger partial charge < -0.3 is 15.7 Å². The number of nitrogens with one attached hydrogen (secondary N) is 2. The van der Waals surface area contributed by atoms with E-state index in [4.69, 9.17) is 5.11 Å². The molecule has 3 N–H and O–H groups in total. The van der Waals surface area contributed by atoms with Crippen molar-refractivity contribution in [2.45, 2.75) is 58.4 Å². The molecular weight excluding hydrogens is 244 g/mol. The largest absolute Gasteiger partial charge is 0.480 e. The fourth-order valence-electron chi connectivity index (χ4n) is 2.21. The zero-order valence-corrected chi connectivity index (χ0v) is 11.7. The molecule has 5 nitrogen and oxygen atoms in total. The number of amides is 2. The average Bonchev–Trinajstić information content (AvgIpc) is 2.36. The lowest BCUT2D eigenvalue weighted by molar-refractivity contribution is -0.139. The van der Waals surface area contributed by atoms with Gasteiger partial charge in [-0.25, -0.2) is 9.59 Å². The number of carboxylic acids is 1. The molecule has 1 unspecified atom stereocenters. The van der Waals surface area contributed by atoms with Crippen molar-refractivity contribution in [1.29, 1.82) is 0 Å². The van der Waals surface area contributed by atoms with E-state index in [0.29, 0.717) is 6.42 Å². The number of carbonyl (C=O) groups is 2. The molecule has 1 saturated carbocycles. The average molecular weight is 268 g/mol. The van der Waals surface area contributed by atoms with Crippen LogP contribution in [0.1, 0.15) is 52.4 Å². The van der Waals surface area contributed by atoms with E-state index in [9.17, 15) is 9.59 Å². The Morgan fingerprint density at radius 2 is 1.89 bits per heavy atom. The van der Waals surface area contributed by atoms with Crippen LogP contribution in [-0.4, -0.2) is 23.1 Å². The Labute approximate surface area is 114 Å². The molecule has 0 aromatic heterocycles. The Morgan fingerprint density at radius 1 is 1.26 bits per heavy atom. The molecule has 19 heavy (non-hydrogen) atoms. The molecule has 1 aliphatic rings. The van der Waals surface area contributed by atoms with E-state index in [0.717, 1.165) is 12.8 Å². The summed E-state index contributed by atoms with van der Waals surface area (Å²) in [5.41, 5.74) is 1.23. The van der Waals surface area contributed by atoms with Gasteiger partial charge >= 0.3 is 12.0 Å². The lowest BCUT2D eigenvalue weighted by Crippen LogP contribution is -2.45. The number of urea groups is 1. The van der Waals surface area contributed by atoms with Crippen LogP contribution in [0.25, 0.3) is 0 Å². The molecular formula is C14H24N2O3. The topological polar surface area (TPSA) is 78.4 Å². The summed E-state index contributed by atoms with van der Waals surface area (Å²) in [4.78, 5) is 22.7. The summed E-state index contributed by atoms with van der Waals surface area (Å²) in [6, 6.07) is -1.27. The van der Waals surface area contributed by atoms with E-state index in [1.54, 1.807) is 6.20 Å². The van der Waals surface area contributed by atoms with Crippen LogP contribution < -0.4 is 10.6 Å². The van der Waals surface area contributed by atoms with Crippen LogP contribution in [0.4, 0.5) is 4.79 Å². The van der Waals surface area contributed by atoms with E-state index < -0.39 is 18.0 Å². The lowest BCUT2D eigenvalue weighted by atomic mass is 9.96. The van der Waals surface area contributed by atoms with E-state index in [2.05, 4.69) is 10.6 Å². The molecule has 1 rings (SSSR count). The summed E-state index contributed by atoms with van der Waals surface area (Å²) in [5.74, 6) is -0.771. The number of hydrogen-bond donors (Lipinski definition) is 3. The van der Waals surface area contributed by atoms with Crippen LogP contribution in [0, 0.1) is 5.92 Å². The number of aliphatic carboxylic acids is 1. The number of hydrogen-bond acceptors (Lipinski definition) is 2. The molecule has 0 heterocycles. The van der Waals surface area contributed by atoms with Gasteiger partial charge in [0, 0.05) is 6.20 Å². The van der Waals surface area contributed by atoms with Gasteiger partial charge in [0.1, 0.15) is 6.04 Å². The number of carbonyl (C=O) groups excluding carboxylic acids is 1. The van der Waals surface area contributed by atoms with Crippen molar-refractivity contribution < 1.29 is 14.7 Å². The van der Waals surface area contributed by atoms with Crippen molar-refractivity contribution in [3.8, 4) is 0 Å². The SMILES string of the molecule is CC(C)CC(NC(=O)NC=C1CCCCC1)C(=O)O. The first kappa shape index (κ1) is 15.5. The summed E-state index contributed by atoms with van der Waals surface area (Å²) in [5, 5.41) is 14.2. The van der Waals surface area contributed by atoms with Crippen molar-refractivity contribution in [2.75, 3.05) is 0 Å². The highest BCUT2D eigenvalue weighted by molar-refractivity contribution is 5.82. The molecule has 2 amide bonds. The van der Waals surface area contributed by atoms with Gasteiger partial charge in [0.25, 0.3) is 0 Å². The van der Waals surface area contributed by atoms with Crippen molar-refractivity contribution in [3.05, 3.63) is 11.8 Å². The second-order valence-electron chi connectivity index (χ2n) is 5.50. The summed E-state index contributed by atoms with van der Waals surface area (Å²) < 4.78 is 0. The van der Waals surface area contributed by atoms with Gasteiger partial charge in [0.05, 0.1) is 0 Å². The molecule has 0 spiro atoms. The van der Waals surface area contributed by atoms with Crippen LogP contribution in [0.15, 0.2) is 11.8 Å². The van der Waals surface area contributed by atoms with Crippen molar-refractivity contribution in [2.24, 2.45) is 5.92 Å². The van der Waals surface area contributed by atoms with Gasteiger partial charge in [-0.15, -0.1) is 0 Å². The molecule has 0 aromatic carbocycles. The first-order valence-electron chi connectivity index (χ1n) is 6.96. The highest BCUT2D eigenvalue weighted by Crippen LogP contribution is 2.21. The molecule has 0 bridgehead atoms. The first-order chi connectivity index (χ1) is 8.99. The smallest absolute Gasteiger partial charge is 0.326 e. The molecule has 0 saturated heterocycles. The fourth-order valence-corrected chi connectivity index (χ4v) is 2.21. The highest BCUT2D eigenvalue weighted by atomic mass is 16.4. The van der Waals surface area contributed by atoms with E-state index in [1.807, 2.05) is 13.8 Å². The third kappa shape index (κ3) is 6.27. The summed E-state index contributed by atoms with van der Waals surface area (Å²) >= 11 is 0. The molecule has 0 aliphatic heterocycles. The van der Waals surface area contributed by atoms with Crippen molar-refractivity contribution >= 4 is 12.0 Å². The molecule has 0 radical (unpaired) electrons. The number of allylic oxidation sites excluding steroid dienone is 1. The second kappa shape index (κ2) is 7.81. The minimum absolute atomic E-state index is 0.220. The number of rotatable bonds is 5. The molecule has 1 aliphatic carbocycles. The second-order valence-corrected chi connectivity index (χ2v) is 5.50. The number of carboxylic acid groups (broad SMARTS) is 1. The maximum absolute atomic E-state index is 11.7. The predicted molar refractivity (Wildman–Crippen MR) is 73.7 cm³/mol.